The number of fused-ring (bicyclic) bond motifs is 6. The summed E-state index contributed by atoms with van der Waals surface area (Å²) in [6.07, 6.45) is 4.90. The van der Waals surface area contributed by atoms with E-state index >= 15 is 0 Å². The lowest BCUT2D eigenvalue weighted by Gasteiger charge is -2.40. The minimum atomic E-state index is -2.30. The van der Waals surface area contributed by atoms with Crippen molar-refractivity contribution in [3.05, 3.63) is 83.7 Å². The molecule has 5 atom stereocenters. The van der Waals surface area contributed by atoms with E-state index in [0.717, 1.165) is 48.9 Å². The Morgan fingerprint density at radius 1 is 1.03 bits per heavy atom. The van der Waals surface area contributed by atoms with Gasteiger partial charge in [0.05, 0.1) is 30.6 Å². The number of aromatic hydroxyl groups is 1. The Morgan fingerprint density at radius 3 is 2.47 bits per heavy atom. The molecular weight excluding hydrogens is 921 g/mol. The van der Waals surface area contributed by atoms with E-state index in [2.05, 4.69) is 28.3 Å². The predicted molar refractivity (Wildman–Crippen MR) is 272 cm³/mol. The Bertz CT molecular complexity index is 2730. The number of pyridine rings is 1. The molecule has 2 saturated heterocycles. The number of benzene rings is 2. The van der Waals surface area contributed by atoms with Gasteiger partial charge in [0.25, 0.3) is 11.8 Å². The van der Waals surface area contributed by atoms with E-state index in [1.165, 1.54) is 24.1 Å². The van der Waals surface area contributed by atoms with E-state index in [1.807, 2.05) is 70.1 Å². The Hall–Kier alpha value is -6.18. The fraction of sp³-hybridized carbons (Fsp3) is 0.519. The van der Waals surface area contributed by atoms with Crippen LogP contribution < -0.4 is 10.7 Å². The molecule has 4 amide bonds. The summed E-state index contributed by atoms with van der Waals surface area (Å²) in [7, 11) is 6.79. The van der Waals surface area contributed by atoms with Gasteiger partial charge in [-0.15, -0.1) is 0 Å². The highest BCUT2D eigenvalue weighted by Crippen LogP contribution is 2.42. The van der Waals surface area contributed by atoms with Gasteiger partial charge in [-0.05, 0) is 105 Å². The molecule has 3 aliphatic rings. The maximum atomic E-state index is 14.8. The lowest BCUT2D eigenvalue weighted by Crippen LogP contribution is -2.67. The number of phenols is 1. The van der Waals surface area contributed by atoms with Gasteiger partial charge in [0.1, 0.15) is 17.8 Å². The standard InChI is InChI=1S/C54H72N8O10/c1-11-61-43-18-17-36-29-40(43)41(47(61)39-15-12-21-55-45(39)34(4)71-10)30-52(5,6)32-72-51(68)54(70)19-14-23-62(57-54)49(66)42(27-35-25-37(36)28-38(63)26-35)56-48(65)46(33(2)3)59(9)50(67)53(69)20-24-60(31-53)44(64)16-13-22-58(7)8/h12-13,15-18,21,25-26,28-29,33-34,42,46,57,63,69-70H,11,14,19-20,22-24,27,30-32H2,1-10H3,(H,56,65)/b16-13+/t34-,42-,46-,53+,54-/m0/s1. The Morgan fingerprint density at radius 2 is 1.78 bits per heavy atom. The molecular formula is C54H72N8O10. The molecule has 2 aromatic carbocycles. The first-order valence-electron chi connectivity index (χ1n) is 24.8. The van der Waals surface area contributed by atoms with Gasteiger partial charge in [-0.2, -0.15) is 5.43 Å². The average Bonchev–Trinajstić information content (AvgIpc) is 3.89. The number of carbonyl (C=O) groups excluding carboxylic acids is 5. The Balaban J connectivity index is 1.29. The number of phenolic OH excluding ortho intramolecular Hbond substituents is 1. The fourth-order valence-corrected chi connectivity index (χ4v) is 10.4. The second-order valence-corrected chi connectivity index (χ2v) is 21.1. The smallest absolute Gasteiger partial charge is 0.355 e. The van der Waals surface area contributed by atoms with E-state index in [9.17, 15) is 39.3 Å². The number of hydrazine groups is 1. The number of nitrogens with one attached hydrogen (secondary N) is 2. The quantitative estimate of drug-likeness (QED) is 0.0988. The zero-order valence-electron chi connectivity index (χ0n) is 43.3. The van der Waals surface area contributed by atoms with E-state index in [1.54, 1.807) is 39.3 Å². The number of hydrogen-bond donors (Lipinski definition) is 5. The largest absolute Gasteiger partial charge is 0.508 e. The summed E-state index contributed by atoms with van der Waals surface area (Å²) >= 11 is 0. The minimum Gasteiger partial charge on any atom is -0.508 e. The van der Waals surface area contributed by atoms with E-state index in [-0.39, 0.29) is 69.7 Å². The Kier molecular flexibility index (Phi) is 16.0. The molecule has 18 heteroatoms. The third kappa shape index (κ3) is 11.2. The molecule has 6 bridgehead atoms. The molecule has 0 saturated carbocycles. The number of β-amino-alcohol motifs (C(OH)–C–C–N with tert-alkyl or cyclic N) is 1. The summed E-state index contributed by atoms with van der Waals surface area (Å²) in [6, 6.07) is 12.5. The molecule has 2 aromatic heterocycles. The van der Waals surface area contributed by atoms with E-state index < -0.39 is 58.4 Å². The number of nitrogens with zero attached hydrogens (tertiary/aromatic N) is 6. The Labute approximate surface area is 421 Å². The molecule has 72 heavy (non-hydrogen) atoms. The van der Waals surface area contributed by atoms with Gasteiger partial charge in [0, 0.05) is 93.8 Å². The van der Waals surface area contributed by atoms with Gasteiger partial charge < -0.3 is 49.4 Å². The van der Waals surface area contributed by atoms with Crippen LogP contribution in [-0.4, -0.2) is 159 Å². The highest BCUT2D eigenvalue weighted by molar-refractivity contribution is 5.97. The summed E-state index contributed by atoms with van der Waals surface area (Å²) in [4.78, 5) is 80.0. The number of likely N-dealkylation sites (tertiary alicyclic amines) is 1. The number of amides is 4. The SMILES string of the molecule is CCn1c(-c2cccnc2[C@H](C)OC)c2c3cc(ccc31)-c1cc(O)cc(c1)C[C@H](NC(=O)[C@H](C(C)C)N(C)C(=O)[C@@]1(O)CCN(C(=O)/C=C/CN(C)C)C1)C(=O)N1CCC[C@@](O)(N1)C(=O)OCC(C)(C)C2. The number of ether oxygens (including phenoxy) is 2. The third-order valence-electron chi connectivity index (χ3n) is 14.1. The second kappa shape index (κ2) is 21.5. The van der Waals surface area contributed by atoms with Crippen LogP contribution in [0.25, 0.3) is 33.3 Å². The molecule has 0 radical (unpaired) electrons. The highest BCUT2D eigenvalue weighted by atomic mass is 16.6. The van der Waals surface area contributed by atoms with Crippen molar-refractivity contribution in [1.29, 1.82) is 0 Å². The lowest BCUT2D eigenvalue weighted by molar-refractivity contribution is -0.189. The molecule has 4 aromatic rings. The average molecular weight is 993 g/mol. The van der Waals surface area contributed by atoms with Gasteiger partial charge in [-0.1, -0.05) is 45.9 Å². The molecule has 2 fully saturated rings. The van der Waals surface area contributed by atoms with Gasteiger partial charge >= 0.3 is 5.97 Å². The minimum absolute atomic E-state index is 0.0424. The van der Waals surface area contributed by atoms with Crippen molar-refractivity contribution in [2.24, 2.45) is 11.3 Å². The van der Waals surface area contributed by atoms with Crippen molar-refractivity contribution in [1.82, 2.24) is 40.0 Å². The maximum absolute atomic E-state index is 14.8. The normalized spacial score (nSPS) is 22.6. The van der Waals surface area contributed by atoms with Crippen LogP contribution in [0.1, 0.15) is 83.7 Å². The predicted octanol–water partition coefficient (Wildman–Crippen LogP) is 4.34. The van der Waals surface area contributed by atoms with Crippen LogP contribution in [0, 0.1) is 11.3 Å². The first-order valence-corrected chi connectivity index (χ1v) is 24.8. The summed E-state index contributed by atoms with van der Waals surface area (Å²) in [5.41, 5.74) is 4.18. The molecule has 5 heterocycles. The topological polar surface area (TPSA) is 219 Å². The van der Waals surface area contributed by atoms with E-state index in [4.69, 9.17) is 14.5 Å². The number of carbonyl (C=O) groups is 5. The first-order chi connectivity index (χ1) is 34.0. The number of aryl methyl sites for hydroxylation is 1. The van der Waals surface area contributed by atoms with Crippen LogP contribution in [0.2, 0.25) is 0 Å². The second-order valence-electron chi connectivity index (χ2n) is 21.1. The molecule has 5 N–H and O–H groups in total. The van der Waals surface area contributed by atoms with Crippen LogP contribution in [0.3, 0.4) is 0 Å². The molecule has 7 rings (SSSR count). The van der Waals surface area contributed by atoms with Gasteiger partial charge in [0.15, 0.2) is 5.60 Å². The van der Waals surface area contributed by atoms with Crippen molar-refractivity contribution in [2.45, 2.75) is 110 Å². The lowest BCUT2D eigenvalue weighted by atomic mass is 9.84. The number of aromatic nitrogens is 2. The summed E-state index contributed by atoms with van der Waals surface area (Å²) < 4.78 is 14.0. The van der Waals surface area contributed by atoms with Crippen LogP contribution in [0.15, 0.2) is 66.9 Å². The molecule has 0 unspecified atom stereocenters. The van der Waals surface area contributed by atoms with Crippen molar-refractivity contribution in [3.8, 4) is 28.1 Å². The number of esters is 1. The van der Waals surface area contributed by atoms with Gasteiger partial charge in [-0.25, -0.2) is 4.79 Å². The summed E-state index contributed by atoms with van der Waals surface area (Å²) in [6.45, 7) is 12.4. The number of methoxy groups -OCH3 is 1. The van der Waals surface area contributed by atoms with Gasteiger partial charge in [0.2, 0.25) is 17.5 Å². The molecule has 3 aliphatic heterocycles. The van der Waals surface area contributed by atoms with Gasteiger partial charge in [-0.3, -0.25) is 29.2 Å². The zero-order chi connectivity index (χ0) is 52.4. The summed E-state index contributed by atoms with van der Waals surface area (Å²) in [5.74, 6) is -4.08. The highest BCUT2D eigenvalue weighted by Gasteiger charge is 2.49. The molecule has 0 aliphatic carbocycles. The van der Waals surface area contributed by atoms with E-state index in [0.29, 0.717) is 30.6 Å². The molecule has 388 valence electrons. The molecule has 0 spiro atoms. The van der Waals surface area contributed by atoms with Crippen molar-refractivity contribution in [2.75, 3.05) is 61.0 Å². The fourth-order valence-electron chi connectivity index (χ4n) is 10.4. The third-order valence-corrected chi connectivity index (χ3v) is 14.1. The van der Waals surface area contributed by atoms with Crippen LogP contribution >= 0.6 is 0 Å². The van der Waals surface area contributed by atoms with Crippen molar-refractivity contribution in [3.63, 3.8) is 0 Å². The van der Waals surface area contributed by atoms with Crippen LogP contribution in [0.5, 0.6) is 5.75 Å². The number of likely N-dealkylation sites (N-methyl/N-ethyl adjacent to an activating group) is 2. The van der Waals surface area contributed by atoms with Crippen LogP contribution in [0.4, 0.5) is 0 Å². The van der Waals surface area contributed by atoms with Crippen molar-refractivity contribution < 1.29 is 48.8 Å². The number of aliphatic hydroxyl groups is 2. The van der Waals surface area contributed by atoms with Crippen LogP contribution in [-0.2, 0) is 52.8 Å². The first kappa shape index (κ1) is 53.6. The number of rotatable bonds is 12. The monoisotopic (exact) mass is 993 g/mol. The number of cyclic esters (lactones) is 1. The maximum Gasteiger partial charge on any atom is 0.355 e. The zero-order valence-corrected chi connectivity index (χ0v) is 43.3. The summed E-state index contributed by atoms with van der Waals surface area (Å²) in [5, 5.41) is 39.9. The number of hydrogen-bond acceptors (Lipinski definition) is 13. The van der Waals surface area contributed by atoms with Crippen molar-refractivity contribution >= 4 is 40.5 Å². The molecule has 18 nitrogen and oxygen atoms in total.